The van der Waals surface area contributed by atoms with Gasteiger partial charge in [-0.3, -0.25) is 4.68 Å². The fraction of sp³-hybridized carbons (Fsp3) is 0.300. The van der Waals surface area contributed by atoms with Crippen LogP contribution in [0.1, 0.15) is 5.69 Å². The van der Waals surface area contributed by atoms with Gasteiger partial charge in [-0.1, -0.05) is 0 Å². The average Bonchev–Trinajstić information content (AvgIpc) is 2.41. The van der Waals surface area contributed by atoms with Gasteiger partial charge in [0.25, 0.3) is 0 Å². The van der Waals surface area contributed by atoms with Crippen molar-refractivity contribution in [3.63, 3.8) is 0 Å². The zero-order valence-electron chi connectivity index (χ0n) is 8.53. The molecule has 0 aliphatic rings. The summed E-state index contributed by atoms with van der Waals surface area (Å²) in [6, 6.07) is 3.76. The van der Waals surface area contributed by atoms with Crippen molar-refractivity contribution < 1.29 is 4.74 Å². The van der Waals surface area contributed by atoms with Gasteiger partial charge >= 0.3 is 0 Å². The molecule has 74 valence electrons. The van der Waals surface area contributed by atoms with E-state index in [0.717, 1.165) is 16.6 Å². The zero-order valence-corrected chi connectivity index (χ0v) is 8.53. The minimum absolute atomic E-state index is 0.623. The Hall–Kier alpha value is -1.71. The Morgan fingerprint density at radius 2 is 2.14 bits per heavy atom. The smallest absolute Gasteiger partial charge is 0.142 e. The molecule has 0 spiro atoms. The van der Waals surface area contributed by atoms with Crippen LogP contribution in [0.3, 0.4) is 0 Å². The van der Waals surface area contributed by atoms with Crippen LogP contribution in [0.25, 0.3) is 10.9 Å². The molecule has 1 heterocycles. The molecule has 0 saturated carbocycles. The maximum absolute atomic E-state index is 5.78. The molecule has 2 aromatic rings. The molecule has 0 aliphatic carbocycles. The number of aryl methyl sites for hydroxylation is 2. The summed E-state index contributed by atoms with van der Waals surface area (Å²) in [7, 11) is 3.53. The number of nitrogens with zero attached hydrogens (tertiary/aromatic N) is 2. The van der Waals surface area contributed by atoms with E-state index in [1.807, 2.05) is 30.8 Å². The number of hydrogen-bond donors (Lipinski definition) is 1. The molecule has 2 N–H and O–H groups in total. The van der Waals surface area contributed by atoms with E-state index in [9.17, 15) is 0 Å². The first-order valence-corrected chi connectivity index (χ1v) is 4.40. The number of hydrogen-bond acceptors (Lipinski definition) is 3. The van der Waals surface area contributed by atoms with Gasteiger partial charge in [-0.15, -0.1) is 0 Å². The monoisotopic (exact) mass is 191 g/mol. The molecule has 0 unspecified atom stereocenters. The highest BCUT2D eigenvalue weighted by molar-refractivity contribution is 5.87. The highest BCUT2D eigenvalue weighted by Crippen LogP contribution is 2.28. The summed E-state index contributed by atoms with van der Waals surface area (Å²) in [5, 5.41) is 5.41. The fourth-order valence-electron chi connectivity index (χ4n) is 1.54. The van der Waals surface area contributed by atoms with Crippen molar-refractivity contribution in [1.82, 2.24) is 9.78 Å². The van der Waals surface area contributed by atoms with Crippen LogP contribution in [0.15, 0.2) is 12.1 Å². The SMILES string of the molecule is COc1cc2c(C)n(C)nc2cc1N. The van der Waals surface area contributed by atoms with Crippen molar-refractivity contribution in [1.29, 1.82) is 0 Å². The Labute approximate surface area is 82.3 Å². The summed E-state index contributed by atoms with van der Waals surface area (Å²) in [5.74, 6) is 0.702. The second-order valence-electron chi connectivity index (χ2n) is 3.32. The molecule has 0 atom stereocenters. The van der Waals surface area contributed by atoms with Crippen LogP contribution in [0.2, 0.25) is 0 Å². The summed E-state index contributed by atoms with van der Waals surface area (Å²) in [5.41, 5.74) is 8.42. The van der Waals surface area contributed by atoms with Crippen LogP contribution in [-0.2, 0) is 7.05 Å². The van der Waals surface area contributed by atoms with Crippen LogP contribution in [-0.4, -0.2) is 16.9 Å². The number of rotatable bonds is 1. The van der Waals surface area contributed by atoms with Crippen molar-refractivity contribution in [2.45, 2.75) is 6.92 Å². The van der Waals surface area contributed by atoms with Gasteiger partial charge in [-0.05, 0) is 19.1 Å². The Kier molecular flexibility index (Phi) is 1.84. The van der Waals surface area contributed by atoms with E-state index in [4.69, 9.17) is 10.5 Å². The van der Waals surface area contributed by atoms with E-state index in [0.29, 0.717) is 11.4 Å². The van der Waals surface area contributed by atoms with E-state index in [-0.39, 0.29) is 0 Å². The Bertz CT molecular complexity index is 488. The number of nitrogens with two attached hydrogens (primary N) is 1. The lowest BCUT2D eigenvalue weighted by Crippen LogP contribution is -1.91. The Morgan fingerprint density at radius 3 is 2.79 bits per heavy atom. The number of aromatic nitrogens is 2. The van der Waals surface area contributed by atoms with Gasteiger partial charge in [0.15, 0.2) is 0 Å². The second-order valence-corrected chi connectivity index (χ2v) is 3.32. The molecule has 14 heavy (non-hydrogen) atoms. The van der Waals surface area contributed by atoms with Gasteiger partial charge in [-0.25, -0.2) is 0 Å². The highest BCUT2D eigenvalue weighted by atomic mass is 16.5. The summed E-state index contributed by atoms with van der Waals surface area (Å²) in [6.07, 6.45) is 0. The summed E-state index contributed by atoms with van der Waals surface area (Å²) in [6.45, 7) is 2.02. The molecule has 4 heteroatoms. The predicted octanol–water partition coefficient (Wildman–Crippen LogP) is 1.47. The first kappa shape index (κ1) is 8.87. The van der Waals surface area contributed by atoms with E-state index < -0.39 is 0 Å². The molecule has 0 aliphatic heterocycles. The van der Waals surface area contributed by atoms with Crippen molar-refractivity contribution >= 4 is 16.6 Å². The molecule has 0 radical (unpaired) electrons. The standard InChI is InChI=1S/C10H13N3O/c1-6-7-4-10(14-3)8(11)5-9(7)12-13(6)2/h4-5H,11H2,1-3H3. The van der Waals surface area contributed by atoms with Crippen LogP contribution in [0.5, 0.6) is 5.75 Å². The number of fused-ring (bicyclic) bond motifs is 1. The molecule has 0 bridgehead atoms. The molecule has 4 nitrogen and oxygen atoms in total. The van der Waals surface area contributed by atoms with Crippen LogP contribution in [0, 0.1) is 6.92 Å². The lowest BCUT2D eigenvalue weighted by molar-refractivity contribution is 0.417. The van der Waals surface area contributed by atoms with Crippen molar-refractivity contribution in [2.24, 2.45) is 7.05 Å². The molecule has 1 aromatic heterocycles. The molecule has 2 rings (SSSR count). The van der Waals surface area contributed by atoms with Gasteiger partial charge in [0.05, 0.1) is 18.3 Å². The normalized spacial score (nSPS) is 10.8. The predicted molar refractivity (Wildman–Crippen MR) is 56.4 cm³/mol. The number of nitrogen functional groups attached to an aromatic ring is 1. The average molecular weight is 191 g/mol. The minimum Gasteiger partial charge on any atom is -0.495 e. The molecule has 0 amide bonds. The number of ether oxygens (including phenoxy) is 1. The van der Waals surface area contributed by atoms with E-state index >= 15 is 0 Å². The largest absolute Gasteiger partial charge is 0.495 e. The van der Waals surface area contributed by atoms with Gasteiger partial charge in [0.1, 0.15) is 5.75 Å². The molecule has 0 fully saturated rings. The Balaban J connectivity index is 2.80. The van der Waals surface area contributed by atoms with E-state index in [1.54, 1.807) is 7.11 Å². The van der Waals surface area contributed by atoms with Crippen LogP contribution < -0.4 is 10.5 Å². The number of methoxy groups -OCH3 is 1. The minimum atomic E-state index is 0.623. The topological polar surface area (TPSA) is 53.1 Å². The van der Waals surface area contributed by atoms with Crippen molar-refractivity contribution in [2.75, 3.05) is 12.8 Å². The lowest BCUT2D eigenvalue weighted by Gasteiger charge is -2.03. The first-order valence-electron chi connectivity index (χ1n) is 4.40. The quantitative estimate of drug-likeness (QED) is 0.694. The molecular formula is C10H13N3O. The summed E-state index contributed by atoms with van der Waals surface area (Å²) >= 11 is 0. The lowest BCUT2D eigenvalue weighted by atomic mass is 10.2. The summed E-state index contributed by atoms with van der Waals surface area (Å²) < 4.78 is 6.99. The number of benzene rings is 1. The van der Waals surface area contributed by atoms with Crippen LogP contribution >= 0.6 is 0 Å². The maximum Gasteiger partial charge on any atom is 0.142 e. The van der Waals surface area contributed by atoms with Gasteiger partial charge in [-0.2, -0.15) is 5.10 Å². The first-order chi connectivity index (χ1) is 6.63. The summed E-state index contributed by atoms with van der Waals surface area (Å²) in [4.78, 5) is 0. The third-order valence-corrected chi connectivity index (χ3v) is 2.48. The fourth-order valence-corrected chi connectivity index (χ4v) is 1.54. The van der Waals surface area contributed by atoms with Gasteiger partial charge < -0.3 is 10.5 Å². The Morgan fingerprint density at radius 1 is 1.43 bits per heavy atom. The van der Waals surface area contributed by atoms with Crippen molar-refractivity contribution in [3.05, 3.63) is 17.8 Å². The second kappa shape index (κ2) is 2.90. The van der Waals surface area contributed by atoms with E-state index in [2.05, 4.69) is 5.10 Å². The zero-order chi connectivity index (χ0) is 10.3. The van der Waals surface area contributed by atoms with Gasteiger partial charge in [0.2, 0.25) is 0 Å². The van der Waals surface area contributed by atoms with Crippen molar-refractivity contribution in [3.8, 4) is 5.75 Å². The van der Waals surface area contributed by atoms with Gasteiger partial charge in [0, 0.05) is 18.1 Å². The maximum atomic E-state index is 5.78. The van der Waals surface area contributed by atoms with E-state index in [1.165, 1.54) is 0 Å². The third kappa shape index (κ3) is 1.11. The molecule has 0 saturated heterocycles. The molecule has 1 aromatic carbocycles. The number of anilines is 1. The molecular weight excluding hydrogens is 178 g/mol. The highest BCUT2D eigenvalue weighted by Gasteiger charge is 2.08. The van der Waals surface area contributed by atoms with Crippen LogP contribution in [0.4, 0.5) is 5.69 Å². The third-order valence-electron chi connectivity index (χ3n) is 2.48.